The number of aromatic nitrogens is 2. The van der Waals surface area contributed by atoms with E-state index in [4.69, 9.17) is 15.7 Å². The van der Waals surface area contributed by atoms with Gasteiger partial charge in [-0.15, -0.1) is 11.3 Å². The minimum atomic E-state index is 0.727. The molecule has 0 spiro atoms. The highest BCUT2D eigenvalue weighted by Gasteiger charge is 2.14. The van der Waals surface area contributed by atoms with Crippen LogP contribution in [0.2, 0.25) is 0 Å². The molecule has 0 saturated carbocycles. The van der Waals surface area contributed by atoms with E-state index in [0.717, 1.165) is 43.9 Å². The van der Waals surface area contributed by atoms with Crippen molar-refractivity contribution in [2.24, 2.45) is 0 Å². The van der Waals surface area contributed by atoms with Gasteiger partial charge in [-0.2, -0.15) is 0 Å². The van der Waals surface area contributed by atoms with E-state index in [1.165, 1.54) is 4.70 Å². The lowest BCUT2D eigenvalue weighted by Crippen LogP contribution is -1.93. The van der Waals surface area contributed by atoms with E-state index in [-0.39, 0.29) is 0 Å². The standard InChI is InChI=1S/C22H15N3S/c23-17-9-3-1-8-15(17)20-13-16(14-7-2-4-10-18(14)24-20)22-25-19-11-5-6-12-21(19)26-22/h1-13H,23H2. The zero-order valence-electron chi connectivity index (χ0n) is 13.9. The molecule has 2 heterocycles. The number of nitrogens with two attached hydrogens (primary N) is 1. The lowest BCUT2D eigenvalue weighted by atomic mass is 10.0. The van der Waals surface area contributed by atoms with E-state index >= 15 is 0 Å². The van der Waals surface area contributed by atoms with Gasteiger partial charge in [-0.05, 0) is 30.3 Å². The number of fused-ring (bicyclic) bond motifs is 2. The lowest BCUT2D eigenvalue weighted by Gasteiger charge is -2.10. The Hall–Kier alpha value is -3.24. The first kappa shape index (κ1) is 15.0. The topological polar surface area (TPSA) is 51.8 Å². The Morgan fingerprint density at radius 1 is 0.692 bits per heavy atom. The zero-order valence-corrected chi connectivity index (χ0v) is 14.7. The summed E-state index contributed by atoms with van der Waals surface area (Å²) in [6.07, 6.45) is 0. The zero-order chi connectivity index (χ0) is 17.5. The van der Waals surface area contributed by atoms with Crippen molar-refractivity contribution >= 4 is 38.1 Å². The van der Waals surface area contributed by atoms with Gasteiger partial charge >= 0.3 is 0 Å². The van der Waals surface area contributed by atoms with Crippen molar-refractivity contribution in [3.63, 3.8) is 0 Å². The lowest BCUT2D eigenvalue weighted by molar-refractivity contribution is 1.39. The van der Waals surface area contributed by atoms with Crippen LogP contribution in [-0.4, -0.2) is 9.97 Å². The average Bonchev–Trinajstić information content (AvgIpc) is 3.11. The van der Waals surface area contributed by atoms with Crippen LogP contribution in [-0.2, 0) is 0 Å². The van der Waals surface area contributed by atoms with Gasteiger partial charge in [0.25, 0.3) is 0 Å². The Bertz CT molecular complexity index is 1220. The molecule has 4 heteroatoms. The van der Waals surface area contributed by atoms with Crippen LogP contribution in [0.5, 0.6) is 0 Å². The second-order valence-electron chi connectivity index (χ2n) is 6.15. The second kappa shape index (κ2) is 5.93. The fourth-order valence-electron chi connectivity index (χ4n) is 3.21. The molecule has 0 aliphatic heterocycles. The second-order valence-corrected chi connectivity index (χ2v) is 7.18. The van der Waals surface area contributed by atoms with Crippen molar-refractivity contribution in [3.05, 3.63) is 78.9 Å². The number of anilines is 1. The fourth-order valence-corrected chi connectivity index (χ4v) is 4.20. The van der Waals surface area contributed by atoms with Crippen LogP contribution in [0, 0.1) is 0 Å². The van der Waals surface area contributed by atoms with Crippen LogP contribution in [0.3, 0.4) is 0 Å². The van der Waals surface area contributed by atoms with Gasteiger partial charge in [0.15, 0.2) is 0 Å². The predicted molar refractivity (Wildman–Crippen MR) is 110 cm³/mol. The molecule has 0 aliphatic carbocycles. The third kappa shape index (κ3) is 2.43. The maximum Gasteiger partial charge on any atom is 0.125 e. The van der Waals surface area contributed by atoms with Crippen LogP contribution in [0.25, 0.3) is 42.9 Å². The number of pyridine rings is 1. The van der Waals surface area contributed by atoms with E-state index in [9.17, 15) is 0 Å². The van der Waals surface area contributed by atoms with Crippen LogP contribution in [0.15, 0.2) is 78.9 Å². The van der Waals surface area contributed by atoms with Gasteiger partial charge in [0.1, 0.15) is 5.01 Å². The Kier molecular flexibility index (Phi) is 3.43. The molecule has 0 amide bonds. The van der Waals surface area contributed by atoms with Crippen LogP contribution >= 0.6 is 11.3 Å². The molecule has 0 fully saturated rings. The number of rotatable bonds is 2. The van der Waals surface area contributed by atoms with Gasteiger partial charge in [0.2, 0.25) is 0 Å². The molecule has 2 N–H and O–H groups in total. The summed E-state index contributed by atoms with van der Waals surface area (Å²) in [5, 5.41) is 2.10. The highest BCUT2D eigenvalue weighted by Crippen LogP contribution is 2.37. The number of para-hydroxylation sites is 3. The number of hydrogen-bond acceptors (Lipinski definition) is 4. The van der Waals surface area contributed by atoms with Gasteiger partial charge in [0.05, 0.1) is 21.4 Å². The molecule has 0 saturated heterocycles. The predicted octanol–water partition coefficient (Wildman–Crippen LogP) is 5.76. The summed E-state index contributed by atoms with van der Waals surface area (Å²) in [6.45, 7) is 0. The molecular formula is C22H15N3S. The molecule has 26 heavy (non-hydrogen) atoms. The quantitative estimate of drug-likeness (QED) is 0.410. The highest BCUT2D eigenvalue weighted by atomic mass is 32.1. The molecule has 0 bridgehead atoms. The summed E-state index contributed by atoms with van der Waals surface area (Å²) >= 11 is 1.70. The van der Waals surface area contributed by atoms with Gasteiger partial charge in [-0.25, -0.2) is 9.97 Å². The van der Waals surface area contributed by atoms with Gasteiger partial charge < -0.3 is 5.73 Å². The number of hydrogen-bond donors (Lipinski definition) is 1. The van der Waals surface area contributed by atoms with E-state index < -0.39 is 0 Å². The molecule has 2 aromatic heterocycles. The summed E-state index contributed by atoms with van der Waals surface area (Å²) in [4.78, 5) is 9.69. The molecule has 0 aliphatic rings. The summed E-state index contributed by atoms with van der Waals surface area (Å²) in [5.74, 6) is 0. The van der Waals surface area contributed by atoms with Crippen LogP contribution in [0.1, 0.15) is 0 Å². The molecule has 0 atom stereocenters. The van der Waals surface area contributed by atoms with Crippen LogP contribution < -0.4 is 5.73 Å². The molecule has 3 nitrogen and oxygen atoms in total. The highest BCUT2D eigenvalue weighted by molar-refractivity contribution is 7.21. The average molecular weight is 353 g/mol. The van der Waals surface area contributed by atoms with Crippen LogP contribution in [0.4, 0.5) is 5.69 Å². The molecule has 5 aromatic rings. The Balaban J connectivity index is 1.82. The third-order valence-corrected chi connectivity index (χ3v) is 5.55. The first-order valence-corrected chi connectivity index (χ1v) is 9.22. The van der Waals surface area contributed by atoms with Crippen molar-refractivity contribution in [2.45, 2.75) is 0 Å². The normalized spacial score (nSPS) is 11.2. The maximum atomic E-state index is 6.19. The SMILES string of the molecule is Nc1ccccc1-c1cc(-c2nc3ccccc3s2)c2ccccc2n1. The Morgan fingerprint density at radius 2 is 1.42 bits per heavy atom. The van der Waals surface area contributed by atoms with Gasteiger partial charge in [-0.3, -0.25) is 0 Å². The minimum absolute atomic E-state index is 0.727. The Labute approximate surface area is 154 Å². The minimum Gasteiger partial charge on any atom is -0.398 e. The molecule has 124 valence electrons. The van der Waals surface area contributed by atoms with Gasteiger partial charge in [-0.1, -0.05) is 48.5 Å². The summed E-state index contributed by atoms with van der Waals surface area (Å²) in [7, 11) is 0. The number of nitrogens with zero attached hydrogens (tertiary/aromatic N) is 2. The largest absolute Gasteiger partial charge is 0.398 e. The van der Waals surface area contributed by atoms with E-state index in [1.54, 1.807) is 11.3 Å². The van der Waals surface area contributed by atoms with E-state index in [2.05, 4.69) is 24.3 Å². The number of nitrogen functional groups attached to an aromatic ring is 1. The van der Waals surface area contributed by atoms with E-state index in [1.807, 2.05) is 54.6 Å². The van der Waals surface area contributed by atoms with Crippen molar-refractivity contribution in [1.29, 1.82) is 0 Å². The Morgan fingerprint density at radius 3 is 2.27 bits per heavy atom. The molecule has 0 radical (unpaired) electrons. The number of benzene rings is 3. The maximum absolute atomic E-state index is 6.19. The van der Waals surface area contributed by atoms with Crippen molar-refractivity contribution in [1.82, 2.24) is 9.97 Å². The first-order valence-electron chi connectivity index (χ1n) is 8.40. The molecular weight excluding hydrogens is 338 g/mol. The number of thiazole rings is 1. The summed E-state index contributed by atoms with van der Waals surface area (Å²) in [5.41, 5.74) is 11.8. The van der Waals surface area contributed by atoms with E-state index in [0.29, 0.717) is 0 Å². The summed E-state index contributed by atoms with van der Waals surface area (Å²) < 4.78 is 1.18. The molecule has 5 rings (SSSR count). The fraction of sp³-hybridized carbons (Fsp3) is 0. The van der Waals surface area contributed by atoms with Gasteiger partial charge in [0, 0.05) is 22.2 Å². The summed E-state index contributed by atoms with van der Waals surface area (Å²) in [6, 6.07) is 26.4. The van der Waals surface area contributed by atoms with Crippen molar-refractivity contribution < 1.29 is 0 Å². The third-order valence-electron chi connectivity index (χ3n) is 4.48. The monoisotopic (exact) mass is 353 g/mol. The van der Waals surface area contributed by atoms with Crippen molar-refractivity contribution in [2.75, 3.05) is 5.73 Å². The first-order chi connectivity index (χ1) is 12.8. The molecule has 3 aromatic carbocycles. The van der Waals surface area contributed by atoms with Crippen molar-refractivity contribution in [3.8, 4) is 21.8 Å². The molecule has 0 unspecified atom stereocenters. The smallest absolute Gasteiger partial charge is 0.125 e.